The Bertz CT molecular complexity index is 887. The van der Waals surface area contributed by atoms with Gasteiger partial charge in [-0.15, -0.1) is 16.8 Å². The Hall–Kier alpha value is -2.66. The predicted molar refractivity (Wildman–Crippen MR) is 108 cm³/mol. The number of thioether (sulfide) groups is 1. The first-order chi connectivity index (χ1) is 13.2. The molecule has 1 N–H and O–H groups in total. The minimum Gasteiger partial charge on any atom is -0.337 e. The smallest absolute Gasteiger partial charge is 0.234 e. The zero-order chi connectivity index (χ0) is 20.9. The second-order valence-electron chi connectivity index (χ2n) is 6.93. The highest BCUT2D eigenvalue weighted by Crippen LogP contribution is 2.28. The van der Waals surface area contributed by atoms with Crippen LogP contribution in [0.5, 0.6) is 0 Å². The van der Waals surface area contributed by atoms with E-state index in [0.717, 1.165) is 5.56 Å². The summed E-state index contributed by atoms with van der Waals surface area (Å²) in [7, 11) is 0. The molecule has 0 aliphatic heterocycles. The summed E-state index contributed by atoms with van der Waals surface area (Å²) in [6, 6.07) is 8.15. The van der Waals surface area contributed by atoms with Crippen LogP contribution in [0.1, 0.15) is 27.7 Å². The summed E-state index contributed by atoms with van der Waals surface area (Å²) in [5, 5.41) is 20.7. The standard InChI is InChI=1S/C20H24FN5OS/c1-6-11-26-17(15-7-9-16(21)10-8-15)24-25-19(26)28-14(4)18(27)23-20(5,12-22)13(2)3/h6-10,13-14H,1,11H2,2-5H3,(H,23,27)/t14-,20+/m0/s1. The number of hydrogen-bond donors (Lipinski definition) is 1. The lowest BCUT2D eigenvalue weighted by Crippen LogP contribution is -2.51. The molecule has 0 aliphatic carbocycles. The molecule has 6 nitrogen and oxygen atoms in total. The number of allylic oxidation sites excluding steroid dienone is 1. The Balaban J connectivity index is 2.23. The van der Waals surface area contributed by atoms with Crippen LogP contribution in [-0.2, 0) is 11.3 Å². The number of amides is 1. The zero-order valence-electron chi connectivity index (χ0n) is 16.4. The van der Waals surface area contributed by atoms with Crippen molar-refractivity contribution in [3.63, 3.8) is 0 Å². The van der Waals surface area contributed by atoms with E-state index in [1.165, 1.54) is 23.9 Å². The molecule has 2 rings (SSSR count). The van der Waals surface area contributed by atoms with E-state index in [-0.39, 0.29) is 17.6 Å². The maximum atomic E-state index is 13.2. The molecule has 1 heterocycles. The summed E-state index contributed by atoms with van der Waals surface area (Å²) in [5.41, 5.74) is -0.225. The first-order valence-electron chi connectivity index (χ1n) is 8.91. The lowest BCUT2D eigenvalue weighted by Gasteiger charge is -2.28. The number of nitrogens with one attached hydrogen (secondary N) is 1. The van der Waals surface area contributed by atoms with Crippen LogP contribution in [0, 0.1) is 23.1 Å². The van der Waals surface area contributed by atoms with Crippen molar-refractivity contribution >= 4 is 17.7 Å². The van der Waals surface area contributed by atoms with Gasteiger partial charge in [-0.3, -0.25) is 9.36 Å². The summed E-state index contributed by atoms with van der Waals surface area (Å²) >= 11 is 1.25. The van der Waals surface area contributed by atoms with Gasteiger partial charge in [-0.1, -0.05) is 31.7 Å². The number of carbonyl (C=O) groups is 1. The number of hydrogen-bond acceptors (Lipinski definition) is 5. The molecule has 8 heteroatoms. The Morgan fingerprint density at radius 3 is 2.57 bits per heavy atom. The van der Waals surface area contributed by atoms with Crippen LogP contribution < -0.4 is 5.32 Å². The molecular weight excluding hydrogens is 377 g/mol. The minimum absolute atomic E-state index is 0.0341. The molecule has 0 spiro atoms. The van der Waals surface area contributed by atoms with Crippen molar-refractivity contribution in [1.29, 1.82) is 5.26 Å². The SMILES string of the molecule is C=CCn1c(S[C@@H](C)C(=O)N[C@](C)(C#N)C(C)C)nnc1-c1ccc(F)cc1. The van der Waals surface area contributed by atoms with Crippen molar-refractivity contribution in [2.45, 2.75) is 50.2 Å². The van der Waals surface area contributed by atoms with E-state index in [1.54, 1.807) is 32.1 Å². The van der Waals surface area contributed by atoms with Gasteiger partial charge in [-0.2, -0.15) is 5.26 Å². The molecule has 0 radical (unpaired) electrons. The number of nitriles is 1. The van der Waals surface area contributed by atoms with Crippen molar-refractivity contribution < 1.29 is 9.18 Å². The molecule has 0 saturated carbocycles. The second kappa shape index (κ2) is 9.02. The Kier molecular flexibility index (Phi) is 6.97. The van der Waals surface area contributed by atoms with Crippen LogP contribution in [0.4, 0.5) is 4.39 Å². The average molecular weight is 402 g/mol. The third-order valence-electron chi connectivity index (χ3n) is 4.55. The second-order valence-corrected chi connectivity index (χ2v) is 8.24. The van der Waals surface area contributed by atoms with Crippen LogP contribution >= 0.6 is 11.8 Å². The van der Waals surface area contributed by atoms with Gasteiger partial charge in [0.25, 0.3) is 0 Å². The number of benzene rings is 1. The zero-order valence-corrected chi connectivity index (χ0v) is 17.3. The molecule has 2 atom stereocenters. The normalized spacial score (nSPS) is 14.2. The summed E-state index contributed by atoms with van der Waals surface area (Å²) in [5.74, 6) is -0.0458. The van der Waals surface area contributed by atoms with Crippen LogP contribution in [0.2, 0.25) is 0 Å². The van der Waals surface area contributed by atoms with E-state index in [4.69, 9.17) is 0 Å². The average Bonchev–Trinajstić information content (AvgIpc) is 3.04. The van der Waals surface area contributed by atoms with Crippen LogP contribution in [-0.4, -0.2) is 31.5 Å². The van der Waals surface area contributed by atoms with Crippen molar-refractivity contribution in [3.8, 4) is 17.5 Å². The third kappa shape index (κ3) is 4.78. The summed E-state index contributed by atoms with van der Waals surface area (Å²) < 4.78 is 15.0. The van der Waals surface area contributed by atoms with Gasteiger partial charge >= 0.3 is 0 Å². The Morgan fingerprint density at radius 2 is 2.04 bits per heavy atom. The van der Waals surface area contributed by atoms with Gasteiger partial charge in [-0.05, 0) is 44.0 Å². The highest BCUT2D eigenvalue weighted by atomic mass is 32.2. The number of halogens is 1. The fourth-order valence-electron chi connectivity index (χ4n) is 2.35. The first kappa shape index (κ1) is 21.6. The number of aromatic nitrogens is 3. The van der Waals surface area contributed by atoms with Gasteiger partial charge in [0.2, 0.25) is 5.91 Å². The van der Waals surface area contributed by atoms with Crippen LogP contribution in [0.15, 0.2) is 42.1 Å². The topological polar surface area (TPSA) is 83.6 Å². The molecular formula is C20H24FN5OS. The molecule has 0 bridgehead atoms. The Morgan fingerprint density at radius 1 is 1.39 bits per heavy atom. The monoisotopic (exact) mass is 401 g/mol. The maximum Gasteiger partial charge on any atom is 0.234 e. The molecule has 1 aromatic heterocycles. The van der Waals surface area contributed by atoms with Crippen molar-refractivity contribution in [2.75, 3.05) is 0 Å². The van der Waals surface area contributed by atoms with Crippen molar-refractivity contribution in [2.24, 2.45) is 5.92 Å². The predicted octanol–water partition coefficient (Wildman–Crippen LogP) is 3.81. The lowest BCUT2D eigenvalue weighted by atomic mass is 9.90. The van der Waals surface area contributed by atoms with Crippen LogP contribution in [0.25, 0.3) is 11.4 Å². The molecule has 148 valence electrons. The first-order valence-corrected chi connectivity index (χ1v) is 9.79. The quantitative estimate of drug-likeness (QED) is 0.537. The van der Waals surface area contributed by atoms with E-state index in [9.17, 15) is 14.4 Å². The fraction of sp³-hybridized carbons (Fsp3) is 0.400. The Labute approximate surface area is 168 Å². The van der Waals surface area contributed by atoms with Gasteiger partial charge < -0.3 is 5.32 Å². The van der Waals surface area contributed by atoms with Gasteiger partial charge in [0.1, 0.15) is 11.4 Å². The van der Waals surface area contributed by atoms with E-state index < -0.39 is 10.8 Å². The van der Waals surface area contributed by atoms with Gasteiger partial charge in [0, 0.05) is 12.1 Å². The van der Waals surface area contributed by atoms with Crippen molar-refractivity contribution in [1.82, 2.24) is 20.1 Å². The van der Waals surface area contributed by atoms with Crippen molar-refractivity contribution in [3.05, 3.63) is 42.7 Å². The van der Waals surface area contributed by atoms with Gasteiger partial charge in [-0.25, -0.2) is 4.39 Å². The van der Waals surface area contributed by atoms with Crippen LogP contribution in [0.3, 0.4) is 0 Å². The summed E-state index contributed by atoms with van der Waals surface area (Å²) in [6.07, 6.45) is 1.71. The van der Waals surface area contributed by atoms with E-state index in [1.807, 2.05) is 18.4 Å². The fourth-order valence-corrected chi connectivity index (χ4v) is 3.21. The maximum absolute atomic E-state index is 13.2. The van der Waals surface area contributed by atoms with E-state index in [2.05, 4.69) is 28.2 Å². The summed E-state index contributed by atoms with van der Waals surface area (Å²) in [4.78, 5) is 12.6. The largest absolute Gasteiger partial charge is 0.337 e. The highest BCUT2D eigenvalue weighted by molar-refractivity contribution is 8.00. The summed E-state index contributed by atoms with van der Waals surface area (Å²) in [6.45, 7) is 11.4. The van der Waals surface area contributed by atoms with E-state index >= 15 is 0 Å². The number of rotatable bonds is 8. The molecule has 1 aromatic carbocycles. The number of carbonyl (C=O) groups excluding carboxylic acids is 1. The molecule has 0 unspecified atom stereocenters. The highest BCUT2D eigenvalue weighted by Gasteiger charge is 2.32. The molecule has 28 heavy (non-hydrogen) atoms. The molecule has 0 aliphatic rings. The minimum atomic E-state index is -0.944. The molecule has 0 saturated heterocycles. The number of nitrogens with zero attached hydrogens (tertiary/aromatic N) is 4. The van der Waals surface area contributed by atoms with E-state index in [0.29, 0.717) is 17.5 Å². The third-order valence-corrected chi connectivity index (χ3v) is 5.63. The van der Waals surface area contributed by atoms with Gasteiger partial charge in [0.05, 0.1) is 11.3 Å². The lowest BCUT2D eigenvalue weighted by molar-refractivity contribution is -0.121. The van der Waals surface area contributed by atoms with Gasteiger partial charge in [0.15, 0.2) is 11.0 Å². The molecule has 2 aromatic rings. The molecule has 0 fully saturated rings. The molecule has 1 amide bonds.